The van der Waals surface area contributed by atoms with Gasteiger partial charge in [-0.3, -0.25) is 28.3 Å². The third-order valence-electron chi connectivity index (χ3n) is 9.65. The number of nitro groups is 1. The quantitative estimate of drug-likeness (QED) is 0.0175. The Kier molecular flexibility index (Phi) is 13.2. The Balaban J connectivity index is 1.28. The molecule has 0 saturated carbocycles. The number of nitrogens with two attached hydrogens (primary N) is 1. The summed E-state index contributed by atoms with van der Waals surface area (Å²) in [7, 11) is -19.3. The van der Waals surface area contributed by atoms with Crippen LogP contribution in [0.1, 0.15) is 0 Å². The molecule has 7 aromatic carbocycles. The fraction of sp³-hybridized carbons (Fsp3) is 0.0256. The number of phenolic OH excluding ortho intramolecular Hbond substituents is 2. The van der Waals surface area contributed by atoms with Crippen molar-refractivity contribution in [1.82, 2.24) is 0 Å². The molecule has 0 bridgehead atoms. The molecular formula is C39H28N10O17S4. The van der Waals surface area contributed by atoms with Gasteiger partial charge >= 0.3 is 0 Å². The highest BCUT2D eigenvalue weighted by molar-refractivity contribution is 7.87. The second-order valence-corrected chi connectivity index (χ2v) is 19.6. The minimum atomic E-state index is -5.50. The number of phenols is 2. The second-order valence-electron chi connectivity index (χ2n) is 14.1. The SMILES string of the molecule is COc1ccc([N+](=O)[O-])cc1N=Nc1ccc2c(S(=O)(=O)O)cc(N=Nc3ccc4c(O)c(N=Nc5ccc(N=Nc6ccc(S(=O)(=O)O)cc6)cc5)c(S(=O)(=O)O)cc4c3S(=O)(=O)O)c(N)c2c1O. The van der Waals surface area contributed by atoms with E-state index in [-0.39, 0.29) is 38.8 Å². The van der Waals surface area contributed by atoms with E-state index in [1.165, 1.54) is 49.6 Å². The lowest BCUT2D eigenvalue weighted by molar-refractivity contribution is -0.384. The summed E-state index contributed by atoms with van der Waals surface area (Å²) in [6.45, 7) is 0. The Morgan fingerprint density at radius 1 is 0.514 bits per heavy atom. The predicted octanol–water partition coefficient (Wildman–Crippen LogP) is 9.55. The van der Waals surface area contributed by atoms with Gasteiger partial charge in [-0.2, -0.15) is 49.0 Å². The van der Waals surface area contributed by atoms with Crippen LogP contribution >= 0.6 is 0 Å². The number of nitro benzene ring substituents is 1. The van der Waals surface area contributed by atoms with Crippen LogP contribution in [-0.2, 0) is 40.5 Å². The van der Waals surface area contributed by atoms with Crippen molar-refractivity contribution in [3.8, 4) is 17.2 Å². The molecule has 0 aliphatic rings. The van der Waals surface area contributed by atoms with Crippen LogP contribution in [0.15, 0.2) is 164 Å². The van der Waals surface area contributed by atoms with Gasteiger partial charge in [0.25, 0.3) is 46.2 Å². The zero-order valence-corrected chi connectivity index (χ0v) is 38.0. The highest BCUT2D eigenvalue weighted by Gasteiger charge is 2.29. The van der Waals surface area contributed by atoms with Gasteiger partial charge in [0.05, 0.1) is 45.1 Å². The number of benzene rings is 7. The van der Waals surface area contributed by atoms with Crippen LogP contribution in [0.2, 0.25) is 0 Å². The topological polar surface area (TPSA) is 435 Å². The Morgan fingerprint density at radius 3 is 1.57 bits per heavy atom. The molecule has 0 unspecified atom stereocenters. The zero-order chi connectivity index (χ0) is 51.1. The lowest BCUT2D eigenvalue weighted by Crippen LogP contribution is -2.03. The predicted molar refractivity (Wildman–Crippen MR) is 244 cm³/mol. The van der Waals surface area contributed by atoms with Crippen LogP contribution in [0.25, 0.3) is 21.5 Å². The summed E-state index contributed by atoms with van der Waals surface area (Å²) in [5.41, 5.74) is 2.93. The number of aromatic hydroxyl groups is 2. The summed E-state index contributed by atoms with van der Waals surface area (Å²) in [5.74, 6) is -1.90. The van der Waals surface area contributed by atoms with Gasteiger partial charge in [-0.1, -0.05) is 6.07 Å². The van der Waals surface area contributed by atoms with Gasteiger partial charge in [0.15, 0.2) is 11.5 Å². The van der Waals surface area contributed by atoms with Crippen LogP contribution in [0.3, 0.4) is 0 Å². The van der Waals surface area contributed by atoms with Crippen LogP contribution in [0.5, 0.6) is 17.2 Å². The molecule has 27 nitrogen and oxygen atoms in total. The van der Waals surface area contributed by atoms with E-state index in [2.05, 4.69) is 40.9 Å². The maximum atomic E-state index is 13.0. The zero-order valence-electron chi connectivity index (χ0n) is 34.7. The summed E-state index contributed by atoms with van der Waals surface area (Å²) in [6, 6.07) is 18.7. The first kappa shape index (κ1) is 49.6. The molecule has 0 amide bonds. The number of nitrogens with zero attached hydrogens (tertiary/aromatic N) is 9. The van der Waals surface area contributed by atoms with Crippen molar-refractivity contribution in [3.63, 3.8) is 0 Å². The van der Waals surface area contributed by atoms with Gasteiger partial charge in [-0.05, 0) is 84.9 Å². The van der Waals surface area contributed by atoms with Crippen molar-refractivity contribution in [2.24, 2.45) is 40.9 Å². The molecule has 0 aliphatic carbocycles. The van der Waals surface area contributed by atoms with Crippen molar-refractivity contribution in [3.05, 3.63) is 113 Å². The summed E-state index contributed by atoms with van der Waals surface area (Å²) >= 11 is 0. The van der Waals surface area contributed by atoms with Crippen LogP contribution in [0.4, 0.5) is 56.9 Å². The summed E-state index contributed by atoms with van der Waals surface area (Å²) in [5, 5.41) is 62.7. The first-order chi connectivity index (χ1) is 32.8. The number of hydrogen-bond acceptors (Lipinski definition) is 22. The number of ether oxygens (including phenoxy) is 1. The van der Waals surface area contributed by atoms with Gasteiger partial charge in [0, 0.05) is 28.3 Å². The number of azo groups is 4. The van der Waals surface area contributed by atoms with E-state index in [0.717, 1.165) is 48.5 Å². The Labute approximate surface area is 392 Å². The molecule has 7 aromatic rings. The Morgan fingerprint density at radius 2 is 1.03 bits per heavy atom. The molecule has 0 aromatic heterocycles. The maximum Gasteiger partial charge on any atom is 0.297 e. The Bertz CT molecular complexity index is 3930. The minimum absolute atomic E-state index is 0.0202. The van der Waals surface area contributed by atoms with Crippen LogP contribution < -0.4 is 10.5 Å². The van der Waals surface area contributed by atoms with Crippen LogP contribution in [-0.4, -0.2) is 74.1 Å². The molecule has 0 spiro atoms. The van der Waals surface area contributed by atoms with E-state index in [4.69, 9.17) is 15.0 Å². The molecule has 7 rings (SSSR count). The average Bonchev–Trinajstić information content (AvgIpc) is 3.28. The summed E-state index contributed by atoms with van der Waals surface area (Å²) in [4.78, 5) is 6.92. The van der Waals surface area contributed by atoms with Crippen LogP contribution in [0, 0.1) is 10.1 Å². The number of nitrogen functional groups attached to an aromatic ring is 1. The number of hydrogen-bond donors (Lipinski definition) is 7. The van der Waals surface area contributed by atoms with Gasteiger partial charge in [-0.25, -0.2) is 0 Å². The molecule has 0 heterocycles. The molecular weight excluding hydrogens is 1010 g/mol. The third kappa shape index (κ3) is 10.4. The largest absolute Gasteiger partial charge is 0.505 e. The van der Waals surface area contributed by atoms with Gasteiger partial charge in [0.1, 0.15) is 48.9 Å². The maximum absolute atomic E-state index is 13.0. The average molecular weight is 1040 g/mol. The van der Waals surface area contributed by atoms with Crippen molar-refractivity contribution < 1.29 is 71.8 Å². The number of anilines is 1. The monoisotopic (exact) mass is 1040 g/mol. The molecule has 31 heteroatoms. The van der Waals surface area contributed by atoms with Crippen molar-refractivity contribution in [2.75, 3.05) is 12.8 Å². The van der Waals surface area contributed by atoms with Crippen molar-refractivity contribution in [2.45, 2.75) is 19.6 Å². The van der Waals surface area contributed by atoms with Gasteiger partial charge in [0.2, 0.25) is 0 Å². The van der Waals surface area contributed by atoms with Crippen molar-refractivity contribution in [1.29, 1.82) is 0 Å². The first-order valence-corrected chi connectivity index (χ1v) is 24.5. The van der Waals surface area contributed by atoms with E-state index < -0.39 is 122 Å². The van der Waals surface area contributed by atoms with Crippen molar-refractivity contribution >= 4 is 119 Å². The molecule has 8 N–H and O–H groups in total. The molecule has 0 fully saturated rings. The fourth-order valence-electron chi connectivity index (χ4n) is 6.45. The second kappa shape index (κ2) is 18.7. The lowest BCUT2D eigenvalue weighted by Gasteiger charge is -2.13. The number of methoxy groups -OCH3 is 1. The van der Waals surface area contributed by atoms with E-state index in [0.29, 0.717) is 12.1 Å². The molecule has 0 saturated heterocycles. The third-order valence-corrected chi connectivity index (χ3v) is 13.2. The molecule has 0 atom stereocenters. The van der Waals surface area contributed by atoms with E-state index >= 15 is 0 Å². The smallest absolute Gasteiger partial charge is 0.297 e. The summed E-state index contributed by atoms with van der Waals surface area (Å²) < 4.78 is 144. The number of non-ortho nitro benzene ring substituents is 1. The minimum Gasteiger partial charge on any atom is -0.505 e. The van der Waals surface area contributed by atoms with Gasteiger partial charge in [-0.15, -0.1) is 25.6 Å². The van der Waals surface area contributed by atoms with E-state index in [9.17, 15) is 67.7 Å². The number of rotatable bonds is 14. The molecule has 0 aliphatic heterocycles. The molecule has 0 radical (unpaired) electrons. The standard InChI is InChI=1S/C39H28N10O17S4/c1-66-31-15-8-22(49(52)53)16-29(31)46-44-27-13-12-25-32(68(57,58)59)18-30(35(40)34(25)38(27)51)47-45-28-14-11-24-26(39(28)70(63,64)65)17-33(69(60,61)62)36(37(24)50)48-43-20-4-2-19(3-5-20)41-42-21-6-9-23(10-7-21)67(54,55)56/h2-18,50-51H,40H2,1H3,(H,54,55,56)(H,57,58,59)(H,60,61,62)(H,63,64,65). The van der Waals surface area contributed by atoms with E-state index in [1.54, 1.807) is 0 Å². The fourth-order valence-corrected chi connectivity index (χ4v) is 9.10. The highest BCUT2D eigenvalue weighted by atomic mass is 32.2. The number of fused-ring (bicyclic) bond motifs is 2. The molecule has 360 valence electrons. The Hall–Kier alpha value is -8.30. The molecule has 70 heavy (non-hydrogen) atoms. The lowest BCUT2D eigenvalue weighted by atomic mass is 10.1. The van der Waals surface area contributed by atoms with E-state index in [1.807, 2.05) is 0 Å². The summed E-state index contributed by atoms with van der Waals surface area (Å²) in [6.07, 6.45) is 0. The highest BCUT2D eigenvalue weighted by Crippen LogP contribution is 2.48. The normalized spacial score (nSPS) is 12.9. The van der Waals surface area contributed by atoms with Gasteiger partial charge < -0.3 is 20.7 Å². The first-order valence-electron chi connectivity index (χ1n) is 18.8.